The van der Waals surface area contributed by atoms with Crippen LogP contribution in [0.1, 0.15) is 42.6 Å². The summed E-state index contributed by atoms with van der Waals surface area (Å²) in [6.45, 7) is 9.15. The van der Waals surface area contributed by atoms with E-state index in [1.54, 1.807) is 30.9 Å². The number of likely N-dealkylation sites (tertiary alicyclic amines) is 1. The molecule has 10 nitrogen and oxygen atoms in total. The van der Waals surface area contributed by atoms with Gasteiger partial charge in [0.1, 0.15) is 24.2 Å². The van der Waals surface area contributed by atoms with Crippen LogP contribution in [-0.4, -0.2) is 117 Å². The molecular weight excluding hydrogens is 530 g/mol. The number of thioether (sulfide) groups is 1. The van der Waals surface area contributed by atoms with Crippen LogP contribution in [0.4, 0.5) is 0 Å². The van der Waals surface area contributed by atoms with Gasteiger partial charge in [-0.2, -0.15) is 0 Å². The molecule has 4 aliphatic heterocycles. The molecule has 4 heterocycles. The average Bonchev–Trinajstić information content (AvgIpc) is 3.69. The molecule has 220 valence electrons. The lowest BCUT2D eigenvalue weighted by Gasteiger charge is -2.37. The number of nitrogens with one attached hydrogen (secondary N) is 2. The molecule has 0 saturated carbocycles. The van der Waals surface area contributed by atoms with E-state index < -0.39 is 11.8 Å². The van der Waals surface area contributed by atoms with Crippen molar-refractivity contribution in [2.45, 2.75) is 56.2 Å². The Hall–Kier alpha value is -2.15. The molecule has 0 aliphatic carbocycles. The van der Waals surface area contributed by atoms with E-state index in [1.165, 1.54) is 0 Å². The minimum Gasteiger partial charge on any atom is -0.370 e. The molecule has 4 atom stereocenters. The Morgan fingerprint density at radius 2 is 1.82 bits per heavy atom. The van der Waals surface area contributed by atoms with Crippen LogP contribution in [0.15, 0.2) is 29.7 Å². The van der Waals surface area contributed by atoms with Crippen molar-refractivity contribution in [3.05, 3.63) is 40.8 Å². The topological polar surface area (TPSA) is 95.6 Å². The number of methoxy groups -OCH3 is 2. The number of hydrogen-bond acceptors (Lipinski definition) is 9. The number of hydrogen-bond donors (Lipinski definition) is 2. The highest BCUT2D eigenvalue weighted by molar-refractivity contribution is 8.03. The number of nitrogens with zero attached hydrogens (tertiary/aromatic N) is 3. The summed E-state index contributed by atoms with van der Waals surface area (Å²) in [6, 6.07) is 6.59. The van der Waals surface area contributed by atoms with Gasteiger partial charge in [-0.05, 0) is 48.9 Å². The average molecular weight is 574 g/mol. The third-order valence-corrected chi connectivity index (χ3v) is 9.54. The van der Waals surface area contributed by atoms with Crippen LogP contribution in [-0.2, 0) is 19.0 Å². The Kier molecular flexibility index (Phi) is 9.08. The van der Waals surface area contributed by atoms with Crippen LogP contribution in [0.5, 0.6) is 0 Å². The minimum atomic E-state index is -0.996. The number of carbonyl (C=O) groups is 2. The van der Waals surface area contributed by atoms with E-state index in [2.05, 4.69) is 46.7 Å². The lowest BCUT2D eigenvalue weighted by Crippen LogP contribution is -2.58. The molecule has 1 aromatic rings. The second-order valence-corrected chi connectivity index (χ2v) is 12.5. The summed E-state index contributed by atoms with van der Waals surface area (Å²) < 4.78 is 17.3. The number of likely N-dealkylation sites (N-methyl/N-ethyl adjacent to an activating group) is 1. The molecule has 3 fully saturated rings. The SMILES string of the molecule is COC1(OC)CO[C@@H]2CCN(C(=O)[C@H](CC(C)C)NC(=O)c3ccc(C4=CSC(N5CCN(C)CC5)N4)cc3)[C@@H]21. The zero-order valence-electron chi connectivity index (χ0n) is 24.2. The number of carbonyl (C=O) groups excluding carboxylic acids is 2. The van der Waals surface area contributed by atoms with E-state index in [0.717, 1.165) is 37.4 Å². The van der Waals surface area contributed by atoms with Gasteiger partial charge in [0.05, 0.1) is 6.10 Å². The Balaban J connectivity index is 1.23. The lowest BCUT2D eigenvalue weighted by molar-refractivity contribution is -0.227. The summed E-state index contributed by atoms with van der Waals surface area (Å²) in [6.07, 6.45) is 1.11. The highest BCUT2D eigenvalue weighted by Crippen LogP contribution is 2.39. The monoisotopic (exact) mass is 573 g/mol. The number of rotatable bonds is 9. The fourth-order valence-corrected chi connectivity index (χ4v) is 7.16. The van der Waals surface area contributed by atoms with Crippen molar-refractivity contribution in [3.8, 4) is 0 Å². The van der Waals surface area contributed by atoms with Crippen LogP contribution in [0.3, 0.4) is 0 Å². The lowest BCUT2D eigenvalue weighted by atomic mass is 10.00. The maximum absolute atomic E-state index is 13.8. The molecule has 4 aliphatic rings. The molecule has 11 heteroatoms. The Morgan fingerprint density at radius 3 is 2.48 bits per heavy atom. The van der Waals surface area contributed by atoms with Gasteiger partial charge in [-0.3, -0.25) is 14.5 Å². The largest absolute Gasteiger partial charge is 0.370 e. The molecule has 5 rings (SSSR count). The van der Waals surface area contributed by atoms with E-state index in [4.69, 9.17) is 14.2 Å². The first-order chi connectivity index (χ1) is 19.2. The first-order valence-electron chi connectivity index (χ1n) is 14.2. The summed E-state index contributed by atoms with van der Waals surface area (Å²) in [5, 5.41) is 8.81. The zero-order valence-corrected chi connectivity index (χ0v) is 25.0. The van der Waals surface area contributed by atoms with Crippen molar-refractivity contribution >= 4 is 29.3 Å². The highest BCUT2D eigenvalue weighted by Gasteiger charge is 2.58. The summed E-state index contributed by atoms with van der Waals surface area (Å²) in [5.41, 5.74) is 2.87. The summed E-state index contributed by atoms with van der Waals surface area (Å²) in [4.78, 5) is 33.8. The molecule has 0 bridgehead atoms. The second kappa shape index (κ2) is 12.4. The molecule has 2 amide bonds. The molecule has 0 aromatic heterocycles. The third kappa shape index (κ3) is 5.91. The van der Waals surface area contributed by atoms with E-state index in [-0.39, 0.29) is 42.0 Å². The third-order valence-electron chi connectivity index (χ3n) is 8.50. The Bertz CT molecular complexity index is 1090. The summed E-state index contributed by atoms with van der Waals surface area (Å²) in [7, 11) is 5.32. The number of amides is 2. The van der Waals surface area contributed by atoms with Gasteiger partial charge in [0.15, 0.2) is 0 Å². The predicted molar refractivity (Wildman–Crippen MR) is 155 cm³/mol. The van der Waals surface area contributed by atoms with Crippen molar-refractivity contribution in [1.82, 2.24) is 25.3 Å². The number of benzene rings is 1. The van der Waals surface area contributed by atoms with Crippen molar-refractivity contribution in [2.24, 2.45) is 5.92 Å². The van der Waals surface area contributed by atoms with Crippen molar-refractivity contribution in [1.29, 1.82) is 0 Å². The van der Waals surface area contributed by atoms with Crippen molar-refractivity contribution in [3.63, 3.8) is 0 Å². The first kappa shape index (κ1) is 29.3. The predicted octanol–water partition coefficient (Wildman–Crippen LogP) is 1.99. The Morgan fingerprint density at radius 1 is 1.12 bits per heavy atom. The van der Waals surface area contributed by atoms with Gasteiger partial charge in [-0.15, -0.1) is 0 Å². The molecule has 0 radical (unpaired) electrons. The first-order valence-corrected chi connectivity index (χ1v) is 15.2. The van der Waals surface area contributed by atoms with Gasteiger partial charge in [0.25, 0.3) is 5.91 Å². The van der Waals surface area contributed by atoms with Crippen LogP contribution < -0.4 is 10.6 Å². The number of ether oxygens (including phenoxy) is 3. The standard InChI is InChI=1S/C29H43N5O5S/c1-19(2)16-22(27(36)34-11-10-24-25(34)29(37-4,38-5)18-39-24)30-26(35)21-8-6-20(7-9-21)23-17-40-28(31-23)33-14-12-32(3)13-15-33/h6-9,17,19,22,24-25,28,31H,10-16,18H2,1-5H3,(H,30,35)/t22-,24+,25-,28?/m0/s1. The fourth-order valence-electron chi connectivity index (χ4n) is 6.11. The van der Waals surface area contributed by atoms with Gasteiger partial charge in [0.2, 0.25) is 11.7 Å². The summed E-state index contributed by atoms with van der Waals surface area (Å²) in [5.74, 6) is -1.16. The van der Waals surface area contributed by atoms with Crippen LogP contribution in [0.25, 0.3) is 5.70 Å². The number of fused-ring (bicyclic) bond motifs is 1. The number of piperazine rings is 1. The molecule has 40 heavy (non-hydrogen) atoms. The maximum atomic E-state index is 13.8. The van der Waals surface area contributed by atoms with Crippen LogP contribution in [0.2, 0.25) is 0 Å². The van der Waals surface area contributed by atoms with Gasteiger partial charge < -0.3 is 34.6 Å². The Labute approximate surface area is 241 Å². The van der Waals surface area contributed by atoms with Gasteiger partial charge in [-0.25, -0.2) is 0 Å². The van der Waals surface area contributed by atoms with Crippen molar-refractivity contribution in [2.75, 3.05) is 60.6 Å². The quantitative estimate of drug-likeness (QED) is 0.430. The zero-order chi connectivity index (χ0) is 28.4. The molecule has 2 N–H and O–H groups in total. The molecule has 1 aromatic carbocycles. The smallest absolute Gasteiger partial charge is 0.251 e. The van der Waals surface area contributed by atoms with E-state index >= 15 is 0 Å². The molecule has 1 unspecified atom stereocenters. The second-order valence-electron chi connectivity index (χ2n) is 11.6. The van der Waals surface area contributed by atoms with Gasteiger partial charge in [-0.1, -0.05) is 37.7 Å². The molecule has 3 saturated heterocycles. The molecule has 0 spiro atoms. The van der Waals surface area contributed by atoms with Gasteiger partial charge >= 0.3 is 0 Å². The minimum absolute atomic E-state index is 0.123. The van der Waals surface area contributed by atoms with E-state index in [0.29, 0.717) is 24.9 Å². The van der Waals surface area contributed by atoms with E-state index in [1.807, 2.05) is 24.3 Å². The normalized spacial score (nSPS) is 27.4. The van der Waals surface area contributed by atoms with Crippen molar-refractivity contribution < 1.29 is 23.8 Å². The van der Waals surface area contributed by atoms with Gasteiger partial charge in [0, 0.05) is 58.2 Å². The fraction of sp³-hybridized carbons (Fsp3) is 0.655. The van der Waals surface area contributed by atoms with Crippen LogP contribution in [0, 0.1) is 5.92 Å². The molecular formula is C29H43N5O5S. The van der Waals surface area contributed by atoms with E-state index in [9.17, 15) is 9.59 Å². The summed E-state index contributed by atoms with van der Waals surface area (Å²) >= 11 is 1.79. The maximum Gasteiger partial charge on any atom is 0.251 e. The highest BCUT2D eigenvalue weighted by atomic mass is 32.2. The van der Waals surface area contributed by atoms with Crippen LogP contribution >= 0.6 is 11.8 Å².